The molecule has 0 bridgehead atoms. The van der Waals surface area contributed by atoms with Crippen molar-refractivity contribution < 1.29 is 19.1 Å². The van der Waals surface area contributed by atoms with Crippen LogP contribution in [0, 0.1) is 5.82 Å². The van der Waals surface area contributed by atoms with E-state index in [1.807, 2.05) is 0 Å². The predicted octanol–water partition coefficient (Wildman–Crippen LogP) is 1.62. The van der Waals surface area contributed by atoms with E-state index in [9.17, 15) is 19.1 Å². The van der Waals surface area contributed by atoms with Crippen molar-refractivity contribution >= 4 is 58.0 Å². The molecule has 2 heterocycles. The number of amides is 2. The third-order valence-electron chi connectivity index (χ3n) is 3.74. The summed E-state index contributed by atoms with van der Waals surface area (Å²) in [6, 6.07) is 5.45. The van der Waals surface area contributed by atoms with Gasteiger partial charge in [0.1, 0.15) is 16.7 Å². The van der Waals surface area contributed by atoms with Crippen LogP contribution in [-0.2, 0) is 9.59 Å². The van der Waals surface area contributed by atoms with E-state index in [1.54, 1.807) is 30.0 Å². The number of thioether (sulfide) groups is 2. The quantitative estimate of drug-likeness (QED) is 0.593. The monoisotopic (exact) mass is 398 g/mol. The van der Waals surface area contributed by atoms with Crippen LogP contribution in [-0.4, -0.2) is 56.3 Å². The molecule has 9 heteroatoms. The van der Waals surface area contributed by atoms with Crippen molar-refractivity contribution in [1.29, 1.82) is 0 Å². The first-order chi connectivity index (χ1) is 11.9. The summed E-state index contributed by atoms with van der Waals surface area (Å²) in [5.41, 5.74) is 0.678. The van der Waals surface area contributed by atoms with Crippen molar-refractivity contribution in [3.05, 3.63) is 40.6 Å². The second-order valence-electron chi connectivity index (χ2n) is 5.60. The maximum atomic E-state index is 13.0. The molecule has 2 N–H and O–H groups in total. The van der Waals surface area contributed by atoms with Gasteiger partial charge in [-0.2, -0.15) is 11.8 Å². The fourth-order valence-corrected chi connectivity index (χ4v) is 4.85. The summed E-state index contributed by atoms with van der Waals surface area (Å²) in [4.78, 5) is 26.2. The van der Waals surface area contributed by atoms with Gasteiger partial charge in [0.15, 0.2) is 0 Å². The first-order valence-electron chi connectivity index (χ1n) is 7.50. The van der Waals surface area contributed by atoms with E-state index in [4.69, 9.17) is 12.2 Å². The largest absolute Gasteiger partial charge is 0.390 e. The number of carbonyl (C=O) groups excluding carboxylic acids is 2. The van der Waals surface area contributed by atoms with Gasteiger partial charge in [0.2, 0.25) is 5.91 Å². The second-order valence-corrected chi connectivity index (χ2v) is 8.35. The molecule has 0 spiro atoms. The number of nitrogens with one attached hydrogen (secondary N) is 1. The maximum absolute atomic E-state index is 13.0. The molecule has 2 aliphatic rings. The molecule has 2 atom stereocenters. The predicted molar refractivity (Wildman–Crippen MR) is 102 cm³/mol. The van der Waals surface area contributed by atoms with E-state index in [2.05, 4.69) is 5.32 Å². The van der Waals surface area contributed by atoms with E-state index in [1.165, 1.54) is 17.0 Å². The van der Waals surface area contributed by atoms with Gasteiger partial charge < -0.3 is 10.4 Å². The van der Waals surface area contributed by atoms with Crippen LogP contribution in [0.15, 0.2) is 29.2 Å². The van der Waals surface area contributed by atoms with Crippen LogP contribution in [0.25, 0.3) is 6.08 Å². The number of halogens is 1. The summed E-state index contributed by atoms with van der Waals surface area (Å²) in [6.45, 7) is -0.181. The minimum Gasteiger partial charge on any atom is -0.390 e. The number of aliphatic hydroxyl groups is 1. The molecular weight excluding hydrogens is 383 g/mol. The van der Waals surface area contributed by atoms with Crippen LogP contribution in [0.3, 0.4) is 0 Å². The molecular formula is C16H15FN2O3S3. The molecule has 25 heavy (non-hydrogen) atoms. The number of hydrogen-bond acceptors (Lipinski definition) is 6. The molecule has 0 radical (unpaired) electrons. The van der Waals surface area contributed by atoms with Gasteiger partial charge in [-0.15, -0.1) is 0 Å². The molecule has 0 aliphatic carbocycles. The highest BCUT2D eigenvalue weighted by Crippen LogP contribution is 2.32. The molecule has 132 valence electrons. The summed E-state index contributed by atoms with van der Waals surface area (Å²) >= 11 is 7.87. The minimum atomic E-state index is -0.571. The molecule has 0 aromatic heterocycles. The Kier molecular flexibility index (Phi) is 5.78. The van der Waals surface area contributed by atoms with Crippen molar-refractivity contribution in [2.75, 3.05) is 18.1 Å². The normalized spacial score (nSPS) is 25.0. The zero-order valence-electron chi connectivity index (χ0n) is 13.0. The molecule has 2 unspecified atom stereocenters. The number of thiocarbonyl (C=S) groups is 1. The Morgan fingerprint density at radius 3 is 2.76 bits per heavy atom. The highest BCUT2D eigenvalue weighted by atomic mass is 32.2. The average Bonchev–Trinajstić information content (AvgIpc) is 3.08. The summed E-state index contributed by atoms with van der Waals surface area (Å²) in [5, 5.41) is 12.5. The summed E-state index contributed by atoms with van der Waals surface area (Å²) in [5.74, 6) is 0.178. The maximum Gasteiger partial charge on any atom is 0.266 e. The van der Waals surface area contributed by atoms with Gasteiger partial charge >= 0.3 is 0 Å². The molecule has 0 saturated carbocycles. The topological polar surface area (TPSA) is 69.6 Å². The minimum absolute atomic E-state index is 0.181. The van der Waals surface area contributed by atoms with Crippen LogP contribution in [0.4, 0.5) is 4.39 Å². The van der Waals surface area contributed by atoms with Gasteiger partial charge in [0.05, 0.1) is 17.1 Å². The van der Waals surface area contributed by atoms with Crippen LogP contribution in [0.1, 0.15) is 5.56 Å². The van der Waals surface area contributed by atoms with E-state index >= 15 is 0 Å². The fraction of sp³-hybridized carbons (Fsp3) is 0.312. The van der Waals surface area contributed by atoms with Crippen molar-refractivity contribution in [1.82, 2.24) is 10.2 Å². The number of rotatable bonds is 4. The number of nitrogens with zero attached hydrogens (tertiary/aromatic N) is 1. The molecule has 5 nitrogen and oxygen atoms in total. The SMILES string of the molecule is O=C(CN1C(=O)C(=Cc2ccc(F)cc2)SC1=S)NC1CSCC1O. The van der Waals surface area contributed by atoms with E-state index < -0.39 is 6.10 Å². The molecule has 1 aromatic carbocycles. The number of carbonyl (C=O) groups is 2. The van der Waals surface area contributed by atoms with Gasteiger partial charge in [0.25, 0.3) is 5.91 Å². The second kappa shape index (κ2) is 7.86. The average molecular weight is 399 g/mol. The van der Waals surface area contributed by atoms with Crippen molar-refractivity contribution in [3.8, 4) is 0 Å². The Bertz CT molecular complexity index is 739. The van der Waals surface area contributed by atoms with Crippen LogP contribution in [0.5, 0.6) is 0 Å². The fourth-order valence-electron chi connectivity index (χ4n) is 2.42. The Morgan fingerprint density at radius 2 is 2.12 bits per heavy atom. The van der Waals surface area contributed by atoms with Gasteiger partial charge in [-0.3, -0.25) is 14.5 Å². The van der Waals surface area contributed by atoms with Crippen LogP contribution in [0.2, 0.25) is 0 Å². The third-order valence-corrected chi connectivity index (χ3v) is 6.29. The van der Waals surface area contributed by atoms with Crippen molar-refractivity contribution in [3.63, 3.8) is 0 Å². The van der Waals surface area contributed by atoms with Crippen LogP contribution >= 0.6 is 35.7 Å². The zero-order valence-corrected chi connectivity index (χ0v) is 15.4. The van der Waals surface area contributed by atoms with Gasteiger partial charge in [-0.1, -0.05) is 36.1 Å². The highest BCUT2D eigenvalue weighted by Gasteiger charge is 2.34. The molecule has 3 rings (SSSR count). The Morgan fingerprint density at radius 1 is 1.40 bits per heavy atom. The Hall–Kier alpha value is -1.42. The molecule has 2 saturated heterocycles. The van der Waals surface area contributed by atoms with E-state index in [0.29, 0.717) is 26.3 Å². The summed E-state index contributed by atoms with van der Waals surface area (Å²) in [7, 11) is 0. The van der Waals surface area contributed by atoms with Gasteiger partial charge in [0, 0.05) is 11.5 Å². The standard InChI is InChI=1S/C16H15FN2O3S3/c17-10-3-1-9(2-4-10)5-13-15(22)19(16(23)25-13)6-14(21)18-11-7-24-8-12(11)20/h1-5,11-12,20H,6-8H2,(H,18,21). The molecule has 1 aromatic rings. The lowest BCUT2D eigenvalue weighted by Crippen LogP contribution is -2.47. The number of aliphatic hydroxyl groups excluding tert-OH is 1. The van der Waals surface area contributed by atoms with E-state index in [0.717, 1.165) is 11.8 Å². The molecule has 2 amide bonds. The van der Waals surface area contributed by atoms with Crippen molar-refractivity contribution in [2.45, 2.75) is 12.1 Å². The third kappa shape index (κ3) is 4.41. The lowest BCUT2D eigenvalue weighted by molar-refractivity contribution is -0.129. The highest BCUT2D eigenvalue weighted by molar-refractivity contribution is 8.26. The number of hydrogen-bond donors (Lipinski definition) is 2. The van der Waals surface area contributed by atoms with Gasteiger partial charge in [-0.05, 0) is 23.8 Å². The Labute approximate surface area is 158 Å². The molecule has 2 fully saturated rings. The number of benzene rings is 1. The van der Waals surface area contributed by atoms with Crippen LogP contribution < -0.4 is 5.32 Å². The summed E-state index contributed by atoms with van der Waals surface area (Å²) < 4.78 is 13.3. The first-order valence-corrected chi connectivity index (χ1v) is 9.88. The lowest BCUT2D eigenvalue weighted by atomic mass is 10.2. The summed E-state index contributed by atoms with van der Waals surface area (Å²) in [6.07, 6.45) is 1.05. The zero-order chi connectivity index (χ0) is 18.0. The lowest BCUT2D eigenvalue weighted by Gasteiger charge is -2.18. The molecule has 2 aliphatic heterocycles. The van der Waals surface area contributed by atoms with Crippen molar-refractivity contribution in [2.24, 2.45) is 0 Å². The van der Waals surface area contributed by atoms with E-state index in [-0.39, 0.29) is 30.2 Å². The smallest absolute Gasteiger partial charge is 0.266 e. The Balaban J connectivity index is 1.64. The first kappa shape index (κ1) is 18.4. The van der Waals surface area contributed by atoms with Gasteiger partial charge in [-0.25, -0.2) is 4.39 Å².